The second kappa shape index (κ2) is 12.1. The lowest BCUT2D eigenvalue weighted by Crippen LogP contribution is -2.65. The van der Waals surface area contributed by atoms with Gasteiger partial charge in [-0.1, -0.05) is 86.1 Å². The highest BCUT2D eigenvalue weighted by atomic mass is 19.4. The Morgan fingerprint density at radius 3 is 2.24 bits per heavy atom. The fourth-order valence-corrected chi connectivity index (χ4v) is 9.91. The van der Waals surface area contributed by atoms with E-state index in [0.29, 0.717) is 51.1 Å². The number of halogens is 5. The van der Waals surface area contributed by atoms with Crippen molar-refractivity contribution in [2.24, 2.45) is 27.8 Å². The van der Waals surface area contributed by atoms with Crippen molar-refractivity contribution in [3.05, 3.63) is 82.4 Å². The molecule has 1 aliphatic heterocycles. The number of aliphatic hydroxyl groups is 2. The molecule has 0 bridgehead atoms. The molecule has 0 aromatic heterocycles. The van der Waals surface area contributed by atoms with Crippen molar-refractivity contribution in [3.63, 3.8) is 0 Å². The van der Waals surface area contributed by atoms with Gasteiger partial charge in [0.1, 0.15) is 12.2 Å². The molecule has 1 spiro atoms. The SMILES string of the molecule is CC1(C)COC2(CCC3=C4[C@@H](CC[C@@]3(O)C2)[C@@H]2CC[C@@](O)(C(F)(F)C(F)(F)F)[C@@]2(C)C[C@@H]4c2ccc(C=NOCc3ccccc3)cc2)OC1. The van der Waals surface area contributed by atoms with Crippen molar-refractivity contribution in [2.45, 2.75) is 114 Å². The number of oxime groups is 1. The van der Waals surface area contributed by atoms with Crippen molar-refractivity contribution in [2.75, 3.05) is 13.2 Å². The van der Waals surface area contributed by atoms with E-state index in [-0.39, 0.29) is 30.6 Å². The van der Waals surface area contributed by atoms with Crippen molar-refractivity contribution in [1.82, 2.24) is 0 Å². The molecule has 3 saturated carbocycles. The first-order valence-electron chi connectivity index (χ1n) is 17.6. The second-order valence-corrected chi connectivity index (χ2v) is 16.4. The van der Waals surface area contributed by atoms with Gasteiger partial charge in [-0.15, -0.1) is 0 Å². The minimum Gasteiger partial charge on any atom is -0.391 e. The summed E-state index contributed by atoms with van der Waals surface area (Å²) >= 11 is 0. The predicted octanol–water partition coefficient (Wildman–Crippen LogP) is 8.46. The molecule has 1 heterocycles. The molecule has 4 fully saturated rings. The van der Waals surface area contributed by atoms with Crippen LogP contribution in [0.25, 0.3) is 0 Å². The van der Waals surface area contributed by atoms with Crippen LogP contribution in [-0.4, -0.2) is 58.7 Å². The first-order chi connectivity index (χ1) is 23.4. The predicted molar refractivity (Wildman–Crippen MR) is 176 cm³/mol. The van der Waals surface area contributed by atoms with E-state index < -0.39 is 52.8 Å². The summed E-state index contributed by atoms with van der Waals surface area (Å²) < 4.78 is 85.3. The number of rotatable bonds is 6. The monoisotopic (exact) mass is 703 g/mol. The molecule has 0 unspecified atom stereocenters. The second-order valence-electron chi connectivity index (χ2n) is 16.4. The van der Waals surface area contributed by atoms with Gasteiger partial charge in [0.25, 0.3) is 0 Å². The van der Waals surface area contributed by atoms with Crippen LogP contribution in [0.15, 0.2) is 70.9 Å². The largest absolute Gasteiger partial charge is 0.456 e. The zero-order valence-electron chi connectivity index (χ0n) is 28.7. The average molecular weight is 704 g/mol. The maximum absolute atomic E-state index is 15.4. The van der Waals surface area contributed by atoms with E-state index in [4.69, 9.17) is 14.3 Å². The van der Waals surface area contributed by atoms with Crippen LogP contribution in [0.3, 0.4) is 0 Å². The van der Waals surface area contributed by atoms with Gasteiger partial charge in [-0.25, -0.2) is 0 Å². The fourth-order valence-electron chi connectivity index (χ4n) is 9.91. The molecular weight excluding hydrogens is 657 g/mol. The summed E-state index contributed by atoms with van der Waals surface area (Å²) in [5.41, 5.74) is -2.32. The Morgan fingerprint density at radius 1 is 0.900 bits per heavy atom. The molecule has 2 N–H and O–H groups in total. The van der Waals surface area contributed by atoms with Crippen molar-refractivity contribution in [1.29, 1.82) is 0 Å². The first-order valence-corrected chi connectivity index (χ1v) is 17.6. The van der Waals surface area contributed by atoms with Crippen molar-refractivity contribution in [3.8, 4) is 0 Å². The molecular formula is C39H46F5NO5. The highest BCUT2D eigenvalue weighted by Crippen LogP contribution is 2.71. The van der Waals surface area contributed by atoms with Crippen LogP contribution in [0.2, 0.25) is 0 Å². The van der Waals surface area contributed by atoms with Crippen molar-refractivity contribution >= 4 is 6.21 Å². The van der Waals surface area contributed by atoms with Gasteiger partial charge in [0.05, 0.1) is 25.0 Å². The average Bonchev–Trinajstić information content (AvgIpc) is 3.35. The number of benzene rings is 2. The standard InChI is InChI=1S/C39H46F5NO5/c1-33(2)23-48-36(49-24-33)17-14-31-32-28(13-16-35(31,46)22-36)30-15-18-37(47,38(40,41)39(42,43)44)34(30,3)19-29(32)27-11-9-25(10-12-27)20-45-50-21-26-7-5-4-6-8-26/h4-12,20,28-30,46-47H,13-19,21-24H2,1-3H3/t28-,29+,30-,34-,35+,37-/m0/s1. The van der Waals surface area contributed by atoms with Gasteiger partial charge in [-0.05, 0) is 72.6 Å². The number of nitrogens with zero attached hydrogens (tertiary/aromatic N) is 1. The van der Waals surface area contributed by atoms with Crippen LogP contribution in [0.5, 0.6) is 0 Å². The quantitative estimate of drug-likeness (QED) is 0.137. The zero-order chi connectivity index (χ0) is 35.8. The van der Waals surface area contributed by atoms with Crippen LogP contribution in [0, 0.1) is 22.7 Å². The molecule has 2 aromatic carbocycles. The lowest BCUT2D eigenvalue weighted by atomic mass is 9.49. The van der Waals surface area contributed by atoms with Gasteiger partial charge < -0.3 is 24.5 Å². The molecule has 6 nitrogen and oxygen atoms in total. The molecule has 11 heteroatoms. The third-order valence-electron chi connectivity index (χ3n) is 12.6. The number of ether oxygens (including phenoxy) is 2. The molecule has 1 saturated heterocycles. The summed E-state index contributed by atoms with van der Waals surface area (Å²) in [6.07, 6.45) is -3.21. The zero-order valence-corrected chi connectivity index (χ0v) is 28.7. The van der Waals surface area contributed by atoms with Crippen LogP contribution < -0.4 is 0 Å². The molecule has 272 valence electrons. The molecule has 5 aliphatic rings. The Morgan fingerprint density at radius 2 is 1.58 bits per heavy atom. The lowest BCUT2D eigenvalue weighted by Gasteiger charge is -2.59. The van der Waals surface area contributed by atoms with E-state index >= 15 is 8.78 Å². The van der Waals surface area contributed by atoms with Gasteiger partial charge in [0.2, 0.25) is 0 Å². The Kier molecular flexibility index (Phi) is 8.60. The number of allylic oxidation sites excluding steroid dienone is 1. The van der Waals surface area contributed by atoms with Gasteiger partial charge in [0, 0.05) is 29.6 Å². The van der Waals surface area contributed by atoms with Crippen LogP contribution in [0.4, 0.5) is 22.0 Å². The Hall–Kier alpha value is -2.86. The Bertz CT molecular complexity index is 1630. The van der Waals surface area contributed by atoms with E-state index in [9.17, 15) is 23.4 Å². The van der Waals surface area contributed by atoms with E-state index in [1.54, 1.807) is 18.3 Å². The van der Waals surface area contributed by atoms with E-state index in [1.165, 1.54) is 6.92 Å². The highest BCUT2D eigenvalue weighted by Gasteiger charge is 2.79. The topological polar surface area (TPSA) is 80.5 Å². The summed E-state index contributed by atoms with van der Waals surface area (Å²) in [6.45, 7) is 6.80. The smallest absolute Gasteiger partial charge is 0.391 e. The summed E-state index contributed by atoms with van der Waals surface area (Å²) in [5.74, 6) is -7.82. The lowest BCUT2D eigenvalue weighted by molar-refractivity contribution is -0.362. The Balaban J connectivity index is 1.24. The van der Waals surface area contributed by atoms with E-state index in [0.717, 1.165) is 22.3 Å². The minimum absolute atomic E-state index is 0.0366. The fraction of sp³-hybridized carbons (Fsp3) is 0.615. The summed E-state index contributed by atoms with van der Waals surface area (Å²) in [4.78, 5) is 5.44. The molecule has 6 atom stereocenters. The van der Waals surface area contributed by atoms with Crippen molar-refractivity contribution < 1.29 is 46.5 Å². The number of hydrogen-bond acceptors (Lipinski definition) is 6. The molecule has 7 rings (SSSR count). The van der Waals surface area contributed by atoms with Gasteiger partial charge in [-0.3, -0.25) is 0 Å². The molecule has 0 amide bonds. The Labute approximate surface area is 289 Å². The molecule has 4 aliphatic carbocycles. The summed E-state index contributed by atoms with van der Waals surface area (Å²) in [7, 11) is 0. The number of hydrogen-bond donors (Lipinski definition) is 2. The third-order valence-corrected chi connectivity index (χ3v) is 12.6. The van der Waals surface area contributed by atoms with Crippen LogP contribution in [0.1, 0.15) is 94.7 Å². The minimum atomic E-state index is -5.91. The van der Waals surface area contributed by atoms with E-state index in [2.05, 4.69) is 19.0 Å². The maximum atomic E-state index is 15.4. The summed E-state index contributed by atoms with van der Waals surface area (Å²) in [5, 5.41) is 28.0. The number of fused-ring (bicyclic) bond motifs is 4. The number of alkyl halides is 5. The highest BCUT2D eigenvalue weighted by molar-refractivity contribution is 5.79. The van der Waals surface area contributed by atoms with Gasteiger partial charge in [-0.2, -0.15) is 22.0 Å². The maximum Gasteiger partial charge on any atom is 0.456 e. The van der Waals surface area contributed by atoms with Gasteiger partial charge >= 0.3 is 12.1 Å². The molecule has 2 aromatic rings. The van der Waals surface area contributed by atoms with Gasteiger partial charge in [0.15, 0.2) is 5.79 Å². The van der Waals surface area contributed by atoms with Crippen LogP contribution in [-0.2, 0) is 20.9 Å². The normalized spacial score (nSPS) is 35.1. The van der Waals surface area contributed by atoms with Crippen LogP contribution >= 0.6 is 0 Å². The molecule has 0 radical (unpaired) electrons. The first kappa shape index (κ1) is 35.5. The van der Waals surface area contributed by atoms with E-state index in [1.807, 2.05) is 42.5 Å². The summed E-state index contributed by atoms with van der Waals surface area (Å²) in [6, 6.07) is 16.9. The third kappa shape index (κ3) is 5.71. The molecule has 50 heavy (non-hydrogen) atoms.